The minimum absolute atomic E-state index is 0.132. The van der Waals surface area contributed by atoms with Gasteiger partial charge in [-0.05, 0) is 26.2 Å². The van der Waals surface area contributed by atoms with E-state index in [1.54, 1.807) is 13.8 Å². The molecule has 1 atom stereocenters. The van der Waals surface area contributed by atoms with Crippen LogP contribution in [0, 0.1) is 5.92 Å². The summed E-state index contributed by atoms with van der Waals surface area (Å²) in [6, 6.07) is 0. The van der Waals surface area contributed by atoms with E-state index >= 15 is 0 Å². The first-order valence-electron chi connectivity index (χ1n) is 3.70. The van der Waals surface area contributed by atoms with Gasteiger partial charge >= 0.3 is 0 Å². The number of aliphatic hydroxyl groups is 1. The molecular weight excluding hydrogens is 148 g/mol. The maximum absolute atomic E-state index is 9.40. The maximum Gasteiger partial charge on any atom is 0.0754 e. The molecule has 0 rings (SSSR count). The Morgan fingerprint density at radius 2 is 1.80 bits per heavy atom. The first kappa shape index (κ1) is 10.2. The van der Waals surface area contributed by atoms with E-state index < -0.39 is 5.60 Å². The minimum atomic E-state index is -0.744. The highest BCUT2D eigenvalue weighted by Gasteiger charge is 2.24. The van der Waals surface area contributed by atoms with Crippen LogP contribution in [-0.2, 0) is 0 Å². The van der Waals surface area contributed by atoms with Gasteiger partial charge < -0.3 is 5.11 Å². The van der Waals surface area contributed by atoms with Crippen molar-refractivity contribution in [2.45, 2.75) is 45.1 Å². The van der Waals surface area contributed by atoms with E-state index in [0.29, 0.717) is 5.92 Å². The summed E-state index contributed by atoms with van der Waals surface area (Å²) in [6.45, 7) is 7.68. The standard InChI is InChI=1S/C8H17ClO/c1-6(2)5-7(9)8(3,4)10/h6-7,10H,5H2,1-4H3. The smallest absolute Gasteiger partial charge is 0.0754 e. The van der Waals surface area contributed by atoms with Crippen LogP contribution in [0.25, 0.3) is 0 Å². The molecule has 1 unspecified atom stereocenters. The Balaban J connectivity index is 3.73. The lowest BCUT2D eigenvalue weighted by Gasteiger charge is -2.24. The van der Waals surface area contributed by atoms with Crippen LogP contribution in [0.1, 0.15) is 34.1 Å². The third-order valence-corrected chi connectivity index (χ3v) is 2.16. The summed E-state index contributed by atoms with van der Waals surface area (Å²) in [5.74, 6) is 0.550. The van der Waals surface area contributed by atoms with E-state index in [1.165, 1.54) is 0 Å². The zero-order chi connectivity index (χ0) is 8.36. The fourth-order valence-electron chi connectivity index (χ4n) is 0.702. The molecule has 0 aliphatic carbocycles. The molecule has 62 valence electrons. The predicted molar refractivity (Wildman–Crippen MR) is 45.4 cm³/mol. The van der Waals surface area contributed by atoms with Gasteiger partial charge in [0.2, 0.25) is 0 Å². The molecule has 0 aliphatic rings. The lowest BCUT2D eigenvalue weighted by molar-refractivity contribution is 0.0693. The highest BCUT2D eigenvalue weighted by molar-refractivity contribution is 6.21. The van der Waals surface area contributed by atoms with Crippen molar-refractivity contribution in [3.63, 3.8) is 0 Å². The topological polar surface area (TPSA) is 20.2 Å². The van der Waals surface area contributed by atoms with Gasteiger partial charge in [-0.25, -0.2) is 0 Å². The van der Waals surface area contributed by atoms with Crippen molar-refractivity contribution in [3.8, 4) is 0 Å². The number of halogens is 1. The molecule has 0 aromatic rings. The summed E-state index contributed by atoms with van der Waals surface area (Å²) in [5, 5.41) is 9.27. The second kappa shape index (κ2) is 3.59. The lowest BCUT2D eigenvalue weighted by Crippen LogP contribution is -2.32. The number of hydrogen-bond donors (Lipinski definition) is 1. The lowest BCUT2D eigenvalue weighted by atomic mass is 9.97. The first-order chi connectivity index (χ1) is 4.34. The number of rotatable bonds is 3. The summed E-state index contributed by atoms with van der Waals surface area (Å²) in [7, 11) is 0. The van der Waals surface area contributed by atoms with Crippen LogP contribution in [0.4, 0.5) is 0 Å². The molecule has 0 fully saturated rings. The third-order valence-electron chi connectivity index (χ3n) is 1.44. The van der Waals surface area contributed by atoms with Gasteiger partial charge in [-0.2, -0.15) is 0 Å². The van der Waals surface area contributed by atoms with Crippen LogP contribution in [0.2, 0.25) is 0 Å². The molecule has 0 bridgehead atoms. The van der Waals surface area contributed by atoms with E-state index in [4.69, 9.17) is 11.6 Å². The highest BCUT2D eigenvalue weighted by atomic mass is 35.5. The quantitative estimate of drug-likeness (QED) is 0.636. The molecule has 1 nitrogen and oxygen atoms in total. The molecule has 0 aliphatic heterocycles. The largest absolute Gasteiger partial charge is 0.389 e. The Morgan fingerprint density at radius 3 is 1.90 bits per heavy atom. The van der Waals surface area contributed by atoms with Crippen molar-refractivity contribution < 1.29 is 5.11 Å². The Morgan fingerprint density at radius 1 is 1.40 bits per heavy atom. The van der Waals surface area contributed by atoms with Gasteiger partial charge in [0, 0.05) is 0 Å². The van der Waals surface area contributed by atoms with Crippen LogP contribution in [0.3, 0.4) is 0 Å². The normalized spacial score (nSPS) is 15.9. The zero-order valence-corrected chi connectivity index (χ0v) is 7.94. The van der Waals surface area contributed by atoms with Crippen molar-refractivity contribution in [1.82, 2.24) is 0 Å². The summed E-state index contributed by atoms with van der Waals surface area (Å²) >= 11 is 5.90. The molecule has 0 heterocycles. The maximum atomic E-state index is 9.40. The molecule has 0 saturated heterocycles. The Hall–Kier alpha value is 0.250. The molecule has 1 N–H and O–H groups in total. The van der Waals surface area contributed by atoms with E-state index in [0.717, 1.165) is 6.42 Å². The average Bonchev–Trinajstić information content (AvgIpc) is 1.60. The van der Waals surface area contributed by atoms with Gasteiger partial charge in [0.1, 0.15) is 0 Å². The predicted octanol–water partition coefficient (Wildman–Crippen LogP) is 2.41. The van der Waals surface area contributed by atoms with E-state index in [2.05, 4.69) is 13.8 Å². The van der Waals surface area contributed by atoms with E-state index in [1.807, 2.05) is 0 Å². The molecular formula is C8H17ClO. The van der Waals surface area contributed by atoms with Gasteiger partial charge in [-0.1, -0.05) is 13.8 Å². The second-order valence-electron chi connectivity index (χ2n) is 3.75. The molecule has 0 aromatic carbocycles. The van der Waals surface area contributed by atoms with Crippen LogP contribution in [-0.4, -0.2) is 16.1 Å². The monoisotopic (exact) mass is 164 g/mol. The van der Waals surface area contributed by atoms with Gasteiger partial charge in [-0.3, -0.25) is 0 Å². The fourth-order valence-corrected chi connectivity index (χ4v) is 1.06. The van der Waals surface area contributed by atoms with Gasteiger partial charge in [-0.15, -0.1) is 11.6 Å². The molecule has 2 heteroatoms. The van der Waals surface area contributed by atoms with Gasteiger partial charge in [0.25, 0.3) is 0 Å². The summed E-state index contributed by atoms with van der Waals surface area (Å²) in [4.78, 5) is 0. The summed E-state index contributed by atoms with van der Waals surface area (Å²) < 4.78 is 0. The van der Waals surface area contributed by atoms with Crippen molar-refractivity contribution in [2.24, 2.45) is 5.92 Å². The van der Waals surface area contributed by atoms with Crippen molar-refractivity contribution in [2.75, 3.05) is 0 Å². The third kappa shape index (κ3) is 4.13. The molecule has 0 radical (unpaired) electrons. The van der Waals surface area contributed by atoms with Gasteiger partial charge in [0.05, 0.1) is 11.0 Å². The van der Waals surface area contributed by atoms with Crippen molar-refractivity contribution in [3.05, 3.63) is 0 Å². The zero-order valence-electron chi connectivity index (χ0n) is 7.19. The number of alkyl halides is 1. The molecule has 0 spiro atoms. The molecule has 0 amide bonds. The SMILES string of the molecule is CC(C)CC(Cl)C(C)(C)O. The van der Waals surface area contributed by atoms with Crippen LogP contribution < -0.4 is 0 Å². The van der Waals surface area contributed by atoms with Crippen LogP contribution in [0.5, 0.6) is 0 Å². The number of hydrogen-bond acceptors (Lipinski definition) is 1. The molecule has 0 saturated carbocycles. The highest BCUT2D eigenvalue weighted by Crippen LogP contribution is 2.21. The van der Waals surface area contributed by atoms with Crippen molar-refractivity contribution >= 4 is 11.6 Å². The Labute approximate surface area is 68.4 Å². The Kier molecular flexibility index (Phi) is 3.68. The molecule has 10 heavy (non-hydrogen) atoms. The molecule has 0 aromatic heterocycles. The average molecular weight is 165 g/mol. The van der Waals surface area contributed by atoms with E-state index in [9.17, 15) is 5.11 Å². The Bertz CT molecular complexity index is 93.9. The minimum Gasteiger partial charge on any atom is -0.389 e. The fraction of sp³-hybridized carbons (Fsp3) is 1.00. The second-order valence-corrected chi connectivity index (χ2v) is 4.28. The first-order valence-corrected chi connectivity index (χ1v) is 4.14. The van der Waals surface area contributed by atoms with Gasteiger partial charge in [0.15, 0.2) is 0 Å². The van der Waals surface area contributed by atoms with Crippen molar-refractivity contribution in [1.29, 1.82) is 0 Å². The van der Waals surface area contributed by atoms with Crippen LogP contribution >= 0.6 is 11.6 Å². The summed E-state index contributed by atoms with van der Waals surface area (Å²) in [6.07, 6.45) is 0.866. The summed E-state index contributed by atoms with van der Waals surface area (Å²) in [5.41, 5.74) is -0.744. The van der Waals surface area contributed by atoms with Crippen LogP contribution in [0.15, 0.2) is 0 Å². The van der Waals surface area contributed by atoms with E-state index in [-0.39, 0.29) is 5.38 Å².